The van der Waals surface area contributed by atoms with E-state index in [-0.39, 0.29) is 0 Å². The summed E-state index contributed by atoms with van der Waals surface area (Å²) in [5, 5.41) is 2.07. The van der Waals surface area contributed by atoms with Gasteiger partial charge in [-0.05, 0) is 45.1 Å². The molecule has 0 radical (unpaired) electrons. The minimum absolute atomic E-state index is 1.15. The van der Waals surface area contributed by atoms with Gasteiger partial charge in [0.1, 0.15) is 0 Å². The second kappa shape index (κ2) is 3.37. The number of aromatic nitrogens is 1. The van der Waals surface area contributed by atoms with Gasteiger partial charge in [-0.3, -0.25) is 4.98 Å². The van der Waals surface area contributed by atoms with Crippen LogP contribution in [0.4, 0.5) is 0 Å². The lowest BCUT2D eigenvalue weighted by molar-refractivity contribution is 1.33. The van der Waals surface area contributed by atoms with Crippen LogP contribution in [0.5, 0.6) is 0 Å². The molecule has 0 aliphatic carbocycles. The molecule has 2 aromatic heterocycles. The van der Waals surface area contributed by atoms with Crippen molar-refractivity contribution < 1.29 is 0 Å². The van der Waals surface area contributed by atoms with Crippen molar-refractivity contribution in [2.24, 2.45) is 0 Å². The van der Waals surface area contributed by atoms with Gasteiger partial charge < -0.3 is 0 Å². The first kappa shape index (κ1) is 7.95. The van der Waals surface area contributed by atoms with Crippen LogP contribution in [0.3, 0.4) is 0 Å². The molecule has 0 saturated carbocycles. The largest absolute Gasteiger partial charge is 0.265 e. The molecule has 0 fully saturated rings. The Balaban J connectivity index is 2.51. The van der Waals surface area contributed by atoms with E-state index in [0.717, 1.165) is 4.47 Å². The topological polar surface area (TPSA) is 12.9 Å². The van der Waals surface area contributed by atoms with E-state index in [1.165, 1.54) is 10.4 Å². The Hall–Kier alpha value is -0.670. The van der Waals surface area contributed by atoms with Gasteiger partial charge in [0.2, 0.25) is 0 Å². The molecule has 2 rings (SSSR count). The molecule has 0 aliphatic heterocycles. The van der Waals surface area contributed by atoms with Gasteiger partial charge >= 0.3 is 0 Å². The second-order valence-corrected chi connectivity index (χ2v) is 4.10. The first-order chi connectivity index (χ1) is 5.88. The highest BCUT2D eigenvalue weighted by Gasteiger charge is 2.02. The molecule has 60 valence electrons. The second-order valence-electron chi connectivity index (χ2n) is 2.33. The molecule has 0 unspecified atom stereocenters. The van der Waals surface area contributed by atoms with E-state index in [9.17, 15) is 0 Å². The van der Waals surface area contributed by atoms with E-state index in [4.69, 9.17) is 0 Å². The Morgan fingerprint density at radius 1 is 1.17 bits per heavy atom. The lowest BCUT2D eigenvalue weighted by atomic mass is 10.2. The quantitative estimate of drug-likeness (QED) is 0.742. The fraction of sp³-hybridized carbons (Fsp3) is 0. The van der Waals surface area contributed by atoms with Crippen LogP contribution in [0.25, 0.3) is 10.4 Å². The fourth-order valence-corrected chi connectivity index (χ4v) is 2.61. The molecule has 0 aromatic carbocycles. The Bertz CT molecular complexity index is 369. The Morgan fingerprint density at radius 2 is 1.92 bits per heavy atom. The molecule has 0 spiro atoms. The summed E-state index contributed by atoms with van der Waals surface area (Å²) in [4.78, 5) is 5.24. The molecular formula is C9H6BrNS. The number of halogens is 1. The molecule has 0 amide bonds. The van der Waals surface area contributed by atoms with Crippen LogP contribution in [-0.4, -0.2) is 4.98 Å². The SMILES string of the molecule is Brc1ccsc1-c1ccncc1. The van der Waals surface area contributed by atoms with Crippen LogP contribution in [0, 0.1) is 0 Å². The van der Waals surface area contributed by atoms with Crippen LogP contribution in [0.2, 0.25) is 0 Å². The van der Waals surface area contributed by atoms with Crippen molar-refractivity contribution >= 4 is 27.3 Å². The summed E-state index contributed by atoms with van der Waals surface area (Å²) >= 11 is 5.22. The van der Waals surface area contributed by atoms with Gasteiger partial charge in [-0.2, -0.15) is 0 Å². The highest BCUT2D eigenvalue weighted by atomic mass is 79.9. The minimum Gasteiger partial charge on any atom is -0.265 e. The summed E-state index contributed by atoms with van der Waals surface area (Å²) in [5.41, 5.74) is 1.21. The Labute approximate surface area is 83.2 Å². The van der Waals surface area contributed by atoms with Crippen LogP contribution in [0.1, 0.15) is 0 Å². The standard InChI is InChI=1S/C9H6BrNS/c10-8-3-6-12-9(8)7-1-4-11-5-2-7/h1-6H. The van der Waals surface area contributed by atoms with Crippen LogP contribution in [0.15, 0.2) is 40.4 Å². The zero-order chi connectivity index (χ0) is 8.39. The van der Waals surface area contributed by atoms with Crippen LogP contribution < -0.4 is 0 Å². The predicted octanol–water partition coefficient (Wildman–Crippen LogP) is 3.57. The maximum absolute atomic E-state index is 3.97. The van der Waals surface area contributed by atoms with E-state index >= 15 is 0 Å². The van der Waals surface area contributed by atoms with Crippen molar-refractivity contribution in [1.29, 1.82) is 0 Å². The van der Waals surface area contributed by atoms with Crippen molar-refractivity contribution in [2.75, 3.05) is 0 Å². The molecule has 0 N–H and O–H groups in total. The molecule has 12 heavy (non-hydrogen) atoms. The Morgan fingerprint density at radius 3 is 2.50 bits per heavy atom. The molecule has 0 aliphatic rings. The zero-order valence-corrected chi connectivity index (χ0v) is 8.60. The summed E-state index contributed by atoms with van der Waals surface area (Å²) < 4.78 is 1.15. The number of thiophene rings is 1. The molecule has 2 heterocycles. The summed E-state index contributed by atoms with van der Waals surface area (Å²) in [6, 6.07) is 6.08. The highest BCUT2D eigenvalue weighted by molar-refractivity contribution is 9.10. The number of rotatable bonds is 1. The van der Waals surface area contributed by atoms with Crippen LogP contribution in [-0.2, 0) is 0 Å². The van der Waals surface area contributed by atoms with E-state index in [2.05, 4.69) is 32.4 Å². The average Bonchev–Trinajstić information content (AvgIpc) is 2.53. The average molecular weight is 240 g/mol. The maximum Gasteiger partial charge on any atom is 0.0485 e. The Kier molecular flexibility index (Phi) is 2.23. The minimum atomic E-state index is 1.15. The van der Waals surface area contributed by atoms with Gasteiger partial charge in [0.05, 0.1) is 0 Å². The first-order valence-corrected chi connectivity index (χ1v) is 5.18. The van der Waals surface area contributed by atoms with Crippen molar-refractivity contribution in [3.8, 4) is 10.4 Å². The lowest BCUT2D eigenvalue weighted by Gasteiger charge is -1.95. The zero-order valence-electron chi connectivity index (χ0n) is 6.20. The van der Waals surface area contributed by atoms with E-state index in [1.54, 1.807) is 11.3 Å². The van der Waals surface area contributed by atoms with E-state index in [0.29, 0.717) is 0 Å². The lowest BCUT2D eigenvalue weighted by Crippen LogP contribution is -1.73. The molecule has 3 heteroatoms. The third-order valence-electron chi connectivity index (χ3n) is 1.56. The predicted molar refractivity (Wildman–Crippen MR) is 55.3 cm³/mol. The molecule has 2 aromatic rings. The number of nitrogens with zero attached hydrogens (tertiary/aromatic N) is 1. The molecular weight excluding hydrogens is 234 g/mol. The monoisotopic (exact) mass is 239 g/mol. The van der Waals surface area contributed by atoms with Crippen molar-refractivity contribution in [1.82, 2.24) is 4.98 Å². The molecule has 0 bridgehead atoms. The highest BCUT2D eigenvalue weighted by Crippen LogP contribution is 2.32. The van der Waals surface area contributed by atoms with Gasteiger partial charge in [-0.15, -0.1) is 11.3 Å². The van der Waals surface area contributed by atoms with Gasteiger partial charge in [0, 0.05) is 21.7 Å². The van der Waals surface area contributed by atoms with E-state index < -0.39 is 0 Å². The number of hydrogen-bond donors (Lipinski definition) is 0. The van der Waals surface area contributed by atoms with Crippen molar-refractivity contribution in [3.05, 3.63) is 40.4 Å². The number of hydrogen-bond acceptors (Lipinski definition) is 2. The summed E-state index contributed by atoms with van der Waals surface area (Å²) in [5.74, 6) is 0. The summed E-state index contributed by atoms with van der Waals surface area (Å²) in [7, 11) is 0. The number of pyridine rings is 1. The third-order valence-corrected chi connectivity index (χ3v) is 3.45. The van der Waals surface area contributed by atoms with Gasteiger partial charge in [-0.1, -0.05) is 0 Å². The third kappa shape index (κ3) is 1.42. The maximum atomic E-state index is 3.97. The van der Waals surface area contributed by atoms with Gasteiger partial charge in [0.25, 0.3) is 0 Å². The normalized spacial score (nSPS) is 10.1. The van der Waals surface area contributed by atoms with Crippen molar-refractivity contribution in [3.63, 3.8) is 0 Å². The van der Waals surface area contributed by atoms with Gasteiger partial charge in [0.15, 0.2) is 0 Å². The molecule has 0 saturated heterocycles. The first-order valence-electron chi connectivity index (χ1n) is 3.51. The smallest absolute Gasteiger partial charge is 0.0485 e. The van der Waals surface area contributed by atoms with Gasteiger partial charge in [-0.25, -0.2) is 0 Å². The summed E-state index contributed by atoms with van der Waals surface area (Å²) in [6.07, 6.45) is 3.61. The molecule has 1 nitrogen and oxygen atoms in total. The van der Waals surface area contributed by atoms with Crippen LogP contribution >= 0.6 is 27.3 Å². The molecule has 0 atom stereocenters. The van der Waals surface area contributed by atoms with Crippen molar-refractivity contribution in [2.45, 2.75) is 0 Å². The fourth-order valence-electron chi connectivity index (χ4n) is 1.00. The van der Waals surface area contributed by atoms with E-state index in [1.807, 2.05) is 24.5 Å². The summed E-state index contributed by atoms with van der Waals surface area (Å²) in [6.45, 7) is 0.